The molecule has 0 saturated carbocycles. The first-order valence-electron chi connectivity index (χ1n) is 8.61. The molecule has 1 unspecified atom stereocenters. The van der Waals surface area contributed by atoms with Gasteiger partial charge in [0.2, 0.25) is 0 Å². The van der Waals surface area contributed by atoms with Crippen LogP contribution in [0.2, 0.25) is 0 Å². The molecule has 3 aromatic rings. The summed E-state index contributed by atoms with van der Waals surface area (Å²) in [6.07, 6.45) is 4.02. The number of methoxy groups -OCH3 is 1. The van der Waals surface area contributed by atoms with Gasteiger partial charge in [0.25, 0.3) is 5.91 Å². The van der Waals surface area contributed by atoms with Crippen molar-refractivity contribution in [1.29, 1.82) is 0 Å². The molecule has 8 heteroatoms. The molecule has 3 rings (SSSR count). The molecule has 0 radical (unpaired) electrons. The summed E-state index contributed by atoms with van der Waals surface area (Å²) in [6, 6.07) is 11.0. The minimum atomic E-state index is -3.02. The first kappa shape index (κ1) is 21.1. The van der Waals surface area contributed by atoms with Gasteiger partial charge in [-0.15, -0.1) is 0 Å². The van der Waals surface area contributed by atoms with Gasteiger partial charge in [-0.05, 0) is 36.4 Å². The number of benzene rings is 2. The Hall–Kier alpha value is -3.57. The van der Waals surface area contributed by atoms with E-state index in [-0.39, 0.29) is 11.1 Å². The van der Waals surface area contributed by atoms with Crippen LogP contribution in [0.5, 0.6) is 5.75 Å². The minimum absolute atomic E-state index is 0.00687. The lowest BCUT2D eigenvalue weighted by molar-refractivity contribution is 0.100. The van der Waals surface area contributed by atoms with Gasteiger partial charge in [-0.25, -0.2) is 13.0 Å². The lowest BCUT2D eigenvalue weighted by Crippen LogP contribution is -2.05. The molecular formula is C22H16F2N2O3S. The fourth-order valence-electron chi connectivity index (χ4n) is 2.46. The molecule has 30 heavy (non-hydrogen) atoms. The number of pyridine rings is 1. The number of carbonyl (C=O) groups is 1. The largest absolute Gasteiger partial charge is 0.497 e. The molecule has 0 N–H and O–H groups in total. The van der Waals surface area contributed by atoms with E-state index in [0.29, 0.717) is 16.2 Å². The molecule has 2 aromatic carbocycles. The highest BCUT2D eigenvalue weighted by Gasteiger charge is 2.13. The highest BCUT2D eigenvalue weighted by Crippen LogP contribution is 2.19. The topological polar surface area (TPSA) is 68.6 Å². The van der Waals surface area contributed by atoms with Crippen molar-refractivity contribution in [2.24, 2.45) is 4.36 Å². The summed E-state index contributed by atoms with van der Waals surface area (Å²) in [4.78, 5) is 16.8. The number of rotatable bonds is 3. The van der Waals surface area contributed by atoms with E-state index >= 15 is 0 Å². The van der Waals surface area contributed by atoms with E-state index in [1.165, 1.54) is 37.9 Å². The summed E-state index contributed by atoms with van der Waals surface area (Å²) in [6.45, 7) is 0. The van der Waals surface area contributed by atoms with Crippen molar-refractivity contribution in [1.82, 2.24) is 4.98 Å². The summed E-state index contributed by atoms with van der Waals surface area (Å²) in [5.74, 6) is 3.51. The van der Waals surface area contributed by atoms with Crippen molar-refractivity contribution in [3.8, 4) is 17.6 Å². The van der Waals surface area contributed by atoms with Crippen molar-refractivity contribution < 1.29 is 22.5 Å². The highest BCUT2D eigenvalue weighted by molar-refractivity contribution is 7.93. The number of amides is 1. The second kappa shape index (κ2) is 8.84. The third-order valence-electron chi connectivity index (χ3n) is 3.99. The summed E-state index contributed by atoms with van der Waals surface area (Å²) in [5.41, 5.74) is 0.412. The van der Waals surface area contributed by atoms with Gasteiger partial charge in [-0.1, -0.05) is 17.9 Å². The van der Waals surface area contributed by atoms with Crippen LogP contribution in [0.25, 0.3) is 0 Å². The third-order valence-corrected chi connectivity index (χ3v) is 5.64. The van der Waals surface area contributed by atoms with E-state index in [2.05, 4.69) is 21.2 Å². The molecule has 1 atom stereocenters. The molecule has 0 spiro atoms. The van der Waals surface area contributed by atoms with E-state index < -0.39 is 27.3 Å². The lowest BCUT2D eigenvalue weighted by atomic mass is 10.1. The maximum Gasteiger partial charge on any atom is 0.286 e. The number of ether oxygens (including phenoxy) is 1. The highest BCUT2D eigenvalue weighted by atomic mass is 32.2. The number of hydrogen-bond acceptors (Lipinski definition) is 4. The van der Waals surface area contributed by atoms with E-state index in [1.54, 1.807) is 24.3 Å². The van der Waals surface area contributed by atoms with Crippen LogP contribution in [0.15, 0.2) is 70.2 Å². The fourth-order valence-corrected chi connectivity index (χ4v) is 3.65. The maximum atomic E-state index is 13.7. The maximum absolute atomic E-state index is 13.7. The monoisotopic (exact) mass is 426 g/mol. The van der Waals surface area contributed by atoms with Gasteiger partial charge in [0.15, 0.2) is 0 Å². The second-order valence-electron chi connectivity index (χ2n) is 6.21. The van der Waals surface area contributed by atoms with E-state index in [1.807, 2.05) is 0 Å². The fraction of sp³-hybridized carbons (Fsp3) is 0.0909. The van der Waals surface area contributed by atoms with Crippen LogP contribution in [0, 0.1) is 23.5 Å². The molecule has 0 saturated heterocycles. The van der Waals surface area contributed by atoms with Gasteiger partial charge < -0.3 is 4.74 Å². The third kappa shape index (κ3) is 5.07. The Balaban J connectivity index is 1.90. The van der Waals surface area contributed by atoms with Crippen LogP contribution in [0.1, 0.15) is 21.5 Å². The van der Waals surface area contributed by atoms with Crippen molar-refractivity contribution in [3.63, 3.8) is 0 Å². The van der Waals surface area contributed by atoms with Gasteiger partial charge in [-0.3, -0.25) is 9.78 Å². The first-order valence-corrected chi connectivity index (χ1v) is 10.5. The summed E-state index contributed by atoms with van der Waals surface area (Å²) < 4.78 is 48.6. The van der Waals surface area contributed by atoms with Gasteiger partial charge in [0.1, 0.15) is 17.4 Å². The number of aromatic nitrogens is 1. The van der Waals surface area contributed by atoms with Gasteiger partial charge >= 0.3 is 0 Å². The van der Waals surface area contributed by atoms with Crippen LogP contribution in [0.3, 0.4) is 0 Å². The van der Waals surface area contributed by atoms with Crippen molar-refractivity contribution in [3.05, 3.63) is 89.2 Å². The predicted molar refractivity (Wildman–Crippen MR) is 109 cm³/mol. The van der Waals surface area contributed by atoms with Crippen LogP contribution in [0.4, 0.5) is 8.78 Å². The molecule has 1 aromatic heterocycles. The first-order chi connectivity index (χ1) is 14.3. The Morgan fingerprint density at radius 3 is 2.63 bits per heavy atom. The van der Waals surface area contributed by atoms with E-state index in [9.17, 15) is 17.8 Å². The van der Waals surface area contributed by atoms with Crippen LogP contribution in [-0.2, 0) is 9.73 Å². The standard InChI is InChI=1S/C22H16F2N2O3S/c1-29-19-4-3-5-20(12-19)30(2,28)26-22(27)17-10-15(13-25-14-17)6-7-16-8-9-18(23)11-21(16)24/h3-5,8-14H,1-2H3. The molecule has 0 bridgehead atoms. The molecule has 152 valence electrons. The zero-order chi connectivity index (χ0) is 21.7. The normalized spacial score (nSPS) is 12.3. The lowest BCUT2D eigenvalue weighted by Gasteiger charge is -2.06. The average molecular weight is 426 g/mol. The molecule has 0 aliphatic carbocycles. The predicted octanol–water partition coefficient (Wildman–Crippen LogP) is 4.07. The number of nitrogens with zero attached hydrogens (tertiary/aromatic N) is 2. The number of halogens is 2. The van der Waals surface area contributed by atoms with E-state index in [0.717, 1.165) is 12.1 Å². The summed E-state index contributed by atoms with van der Waals surface area (Å²) in [5, 5.41) is 0. The Morgan fingerprint density at radius 1 is 1.10 bits per heavy atom. The summed E-state index contributed by atoms with van der Waals surface area (Å²) >= 11 is 0. The zero-order valence-electron chi connectivity index (χ0n) is 16.1. The average Bonchev–Trinajstić information content (AvgIpc) is 2.73. The Bertz CT molecular complexity index is 1300. The Morgan fingerprint density at radius 2 is 1.90 bits per heavy atom. The van der Waals surface area contributed by atoms with Crippen LogP contribution in [-0.4, -0.2) is 28.5 Å². The molecule has 0 aliphatic rings. The number of hydrogen-bond donors (Lipinski definition) is 0. The van der Waals surface area contributed by atoms with Crippen LogP contribution < -0.4 is 4.74 Å². The molecule has 1 heterocycles. The molecule has 5 nitrogen and oxygen atoms in total. The minimum Gasteiger partial charge on any atom is -0.497 e. The van der Waals surface area contributed by atoms with Gasteiger partial charge in [0, 0.05) is 30.3 Å². The van der Waals surface area contributed by atoms with Crippen molar-refractivity contribution in [2.45, 2.75) is 4.90 Å². The van der Waals surface area contributed by atoms with Gasteiger partial charge in [-0.2, -0.15) is 4.36 Å². The smallest absolute Gasteiger partial charge is 0.286 e. The Kier molecular flexibility index (Phi) is 6.23. The molecule has 0 aliphatic heterocycles. The Labute approximate surface area is 172 Å². The van der Waals surface area contributed by atoms with Crippen molar-refractivity contribution >= 4 is 15.6 Å². The van der Waals surface area contributed by atoms with Crippen LogP contribution >= 0.6 is 0 Å². The molecule has 1 amide bonds. The molecule has 0 fully saturated rings. The van der Waals surface area contributed by atoms with E-state index in [4.69, 9.17) is 4.74 Å². The number of carbonyl (C=O) groups excluding carboxylic acids is 1. The van der Waals surface area contributed by atoms with Gasteiger partial charge in [0.05, 0.1) is 32.9 Å². The van der Waals surface area contributed by atoms with Crippen molar-refractivity contribution in [2.75, 3.05) is 13.4 Å². The second-order valence-corrected chi connectivity index (χ2v) is 8.47. The quantitative estimate of drug-likeness (QED) is 0.592. The molecular weight excluding hydrogens is 410 g/mol. The zero-order valence-corrected chi connectivity index (χ0v) is 16.9. The summed E-state index contributed by atoms with van der Waals surface area (Å²) in [7, 11) is -1.54. The SMILES string of the molecule is COc1cccc(S(C)(=O)=NC(=O)c2cncc(C#Cc3ccc(F)cc3F)c2)c1.